The second-order valence-corrected chi connectivity index (χ2v) is 9.16. The summed E-state index contributed by atoms with van der Waals surface area (Å²) in [6.07, 6.45) is 0.748. The molecule has 0 radical (unpaired) electrons. The number of nitrogens with zero attached hydrogens (tertiary/aromatic N) is 2. The number of thiazole rings is 1. The van der Waals surface area contributed by atoms with E-state index in [1.807, 2.05) is 42.2 Å². The van der Waals surface area contributed by atoms with Crippen LogP contribution in [-0.4, -0.2) is 34.8 Å². The van der Waals surface area contributed by atoms with Crippen molar-refractivity contribution in [3.8, 4) is 0 Å². The van der Waals surface area contributed by atoms with E-state index >= 15 is 0 Å². The highest BCUT2D eigenvalue weighted by Crippen LogP contribution is 2.24. The van der Waals surface area contributed by atoms with E-state index in [2.05, 4.69) is 38.0 Å². The first kappa shape index (κ1) is 23.1. The maximum atomic E-state index is 13.4. The zero-order chi connectivity index (χ0) is 21.4. The minimum absolute atomic E-state index is 0.119. The van der Waals surface area contributed by atoms with Gasteiger partial charge in [-0.15, -0.1) is 11.3 Å². The van der Waals surface area contributed by atoms with Crippen LogP contribution in [0.2, 0.25) is 0 Å². The zero-order valence-electron chi connectivity index (χ0n) is 18.1. The van der Waals surface area contributed by atoms with Crippen LogP contribution in [0.25, 0.3) is 0 Å². The molecule has 1 heterocycles. The van der Waals surface area contributed by atoms with Gasteiger partial charge < -0.3 is 10.2 Å². The highest BCUT2D eigenvalue weighted by molar-refractivity contribution is 7.09. The Morgan fingerprint density at radius 1 is 1.10 bits per heavy atom. The summed E-state index contributed by atoms with van der Waals surface area (Å²) in [5.41, 5.74) is 1.47. The van der Waals surface area contributed by atoms with Gasteiger partial charge in [-0.05, 0) is 23.8 Å². The first-order valence-corrected chi connectivity index (χ1v) is 11.3. The van der Waals surface area contributed by atoms with E-state index in [0.29, 0.717) is 37.2 Å². The summed E-state index contributed by atoms with van der Waals surface area (Å²) >= 11 is 1.43. The molecule has 2 aromatic rings. The van der Waals surface area contributed by atoms with Gasteiger partial charge in [-0.25, -0.2) is 4.98 Å². The van der Waals surface area contributed by atoms with Gasteiger partial charge in [-0.3, -0.25) is 9.59 Å². The van der Waals surface area contributed by atoms with Gasteiger partial charge in [0.1, 0.15) is 10.7 Å². The highest BCUT2D eigenvalue weighted by atomic mass is 32.1. The molecule has 0 fully saturated rings. The third kappa shape index (κ3) is 6.96. The Morgan fingerprint density at radius 2 is 1.79 bits per heavy atom. The Labute approximate surface area is 178 Å². The van der Waals surface area contributed by atoms with Crippen molar-refractivity contribution in [2.45, 2.75) is 53.5 Å². The fraction of sp³-hybridized carbons (Fsp3) is 0.522. The number of aromatic nitrogens is 1. The lowest BCUT2D eigenvalue weighted by Crippen LogP contribution is -2.37. The quantitative estimate of drug-likeness (QED) is 0.611. The number of carbonyl (C=O) groups is 2. The van der Waals surface area contributed by atoms with Gasteiger partial charge in [0.25, 0.3) is 5.91 Å². The highest BCUT2D eigenvalue weighted by Gasteiger charge is 2.26. The van der Waals surface area contributed by atoms with Gasteiger partial charge in [0.2, 0.25) is 5.91 Å². The molecule has 0 saturated heterocycles. The Hall–Kier alpha value is -2.21. The average Bonchev–Trinajstić information content (AvgIpc) is 3.15. The molecule has 1 N–H and O–H groups in total. The van der Waals surface area contributed by atoms with Crippen LogP contribution in [0.4, 0.5) is 0 Å². The van der Waals surface area contributed by atoms with E-state index in [9.17, 15) is 9.59 Å². The largest absolute Gasteiger partial charge is 0.350 e. The van der Waals surface area contributed by atoms with Crippen LogP contribution in [0.15, 0.2) is 35.7 Å². The lowest BCUT2D eigenvalue weighted by molar-refractivity contribution is -0.134. The number of amides is 2. The summed E-state index contributed by atoms with van der Waals surface area (Å²) in [7, 11) is 0. The van der Waals surface area contributed by atoms with Crippen LogP contribution in [0.1, 0.15) is 68.0 Å². The minimum atomic E-state index is -0.163. The monoisotopic (exact) mass is 415 g/mol. The van der Waals surface area contributed by atoms with Crippen LogP contribution in [-0.2, 0) is 11.3 Å². The fourth-order valence-corrected chi connectivity index (χ4v) is 3.96. The van der Waals surface area contributed by atoms with Gasteiger partial charge in [-0.2, -0.15) is 0 Å². The van der Waals surface area contributed by atoms with E-state index in [1.165, 1.54) is 11.3 Å². The normalized spacial score (nSPS) is 12.2. The fourth-order valence-electron chi connectivity index (χ4n) is 3.17. The molecule has 6 heteroatoms. The molecule has 0 aliphatic rings. The number of rotatable bonds is 10. The summed E-state index contributed by atoms with van der Waals surface area (Å²) in [5, 5.41) is 5.46. The molecular formula is C23H33N3O2S. The molecule has 0 spiro atoms. The second-order valence-electron chi connectivity index (χ2n) is 8.21. The molecule has 2 amide bonds. The van der Waals surface area contributed by atoms with Crippen LogP contribution >= 0.6 is 11.3 Å². The topological polar surface area (TPSA) is 62.3 Å². The molecule has 0 bridgehead atoms. The van der Waals surface area contributed by atoms with Crippen molar-refractivity contribution >= 4 is 23.2 Å². The van der Waals surface area contributed by atoms with E-state index in [4.69, 9.17) is 0 Å². The number of hydrogen-bond acceptors (Lipinski definition) is 4. The lowest BCUT2D eigenvalue weighted by Gasteiger charge is -2.28. The van der Waals surface area contributed by atoms with Crippen molar-refractivity contribution in [1.82, 2.24) is 15.2 Å². The molecule has 0 aliphatic heterocycles. The van der Waals surface area contributed by atoms with Crippen molar-refractivity contribution in [2.24, 2.45) is 11.8 Å². The first-order chi connectivity index (χ1) is 13.8. The van der Waals surface area contributed by atoms with E-state index in [1.54, 1.807) is 5.38 Å². The molecule has 5 nitrogen and oxygen atoms in total. The summed E-state index contributed by atoms with van der Waals surface area (Å²) in [5.74, 6) is 0.539. The van der Waals surface area contributed by atoms with Crippen molar-refractivity contribution < 1.29 is 9.59 Å². The van der Waals surface area contributed by atoms with Crippen LogP contribution in [0.5, 0.6) is 0 Å². The van der Waals surface area contributed by atoms with E-state index < -0.39 is 0 Å². The first-order valence-electron chi connectivity index (χ1n) is 10.4. The van der Waals surface area contributed by atoms with Crippen molar-refractivity contribution in [1.29, 1.82) is 0 Å². The van der Waals surface area contributed by atoms with Gasteiger partial charge in [0, 0.05) is 18.5 Å². The molecule has 1 unspecified atom stereocenters. The average molecular weight is 416 g/mol. The SMILES string of the molecule is CCC(C(=O)N(Cc1nc(C(=O)NCC(C)C)cs1)CC(C)C)c1ccccc1. The molecule has 1 atom stereocenters. The van der Waals surface area contributed by atoms with Gasteiger partial charge >= 0.3 is 0 Å². The molecule has 0 saturated carbocycles. The summed E-state index contributed by atoms with van der Waals surface area (Å²) < 4.78 is 0. The van der Waals surface area contributed by atoms with Crippen molar-refractivity contribution in [2.75, 3.05) is 13.1 Å². The molecule has 1 aromatic carbocycles. The number of nitrogens with one attached hydrogen (secondary N) is 1. The van der Waals surface area contributed by atoms with E-state index in [0.717, 1.165) is 17.0 Å². The maximum Gasteiger partial charge on any atom is 0.270 e. The van der Waals surface area contributed by atoms with Gasteiger partial charge in [0.15, 0.2) is 0 Å². The van der Waals surface area contributed by atoms with Gasteiger partial charge in [0.05, 0.1) is 12.5 Å². The summed E-state index contributed by atoms with van der Waals surface area (Å²) in [4.78, 5) is 32.0. The second kappa shape index (κ2) is 11.1. The predicted molar refractivity (Wildman–Crippen MR) is 119 cm³/mol. The molecule has 0 aliphatic carbocycles. The molecule has 158 valence electrons. The molecule has 29 heavy (non-hydrogen) atoms. The number of carbonyl (C=O) groups excluding carboxylic acids is 2. The molecule has 1 aromatic heterocycles. The van der Waals surface area contributed by atoms with Crippen LogP contribution in [0, 0.1) is 11.8 Å². The van der Waals surface area contributed by atoms with Crippen LogP contribution in [0.3, 0.4) is 0 Å². The predicted octanol–water partition coefficient (Wildman–Crippen LogP) is 4.71. The van der Waals surface area contributed by atoms with Crippen LogP contribution < -0.4 is 5.32 Å². The van der Waals surface area contributed by atoms with Crippen molar-refractivity contribution in [3.63, 3.8) is 0 Å². The standard InChI is InChI=1S/C23H33N3O2S/c1-6-19(18-10-8-7-9-11-18)23(28)26(13-17(4)5)14-21-25-20(15-29-21)22(27)24-12-16(2)3/h7-11,15-17,19H,6,12-14H2,1-5H3,(H,24,27). The minimum Gasteiger partial charge on any atom is -0.350 e. The Bertz CT molecular complexity index is 786. The third-order valence-electron chi connectivity index (χ3n) is 4.59. The Kier molecular flexibility index (Phi) is 8.83. The maximum absolute atomic E-state index is 13.4. The molecular weight excluding hydrogens is 382 g/mol. The van der Waals surface area contributed by atoms with E-state index in [-0.39, 0.29) is 17.7 Å². The third-order valence-corrected chi connectivity index (χ3v) is 5.42. The Morgan fingerprint density at radius 3 is 2.38 bits per heavy atom. The van der Waals surface area contributed by atoms with Gasteiger partial charge in [-0.1, -0.05) is 65.0 Å². The Balaban J connectivity index is 2.14. The van der Waals surface area contributed by atoms with Crippen molar-refractivity contribution in [3.05, 3.63) is 52.0 Å². The molecule has 2 rings (SSSR count). The number of hydrogen-bond donors (Lipinski definition) is 1. The lowest BCUT2D eigenvalue weighted by atomic mass is 9.94. The smallest absolute Gasteiger partial charge is 0.270 e. The summed E-state index contributed by atoms with van der Waals surface area (Å²) in [6.45, 7) is 12.1. The number of benzene rings is 1. The zero-order valence-corrected chi connectivity index (χ0v) is 19.0. The summed E-state index contributed by atoms with van der Waals surface area (Å²) in [6, 6.07) is 9.94.